The van der Waals surface area contributed by atoms with Crippen molar-refractivity contribution >= 4 is 32.7 Å². The highest BCUT2D eigenvalue weighted by Gasteiger charge is 2.26. The number of benzene rings is 1. The SMILES string of the molecule is COc1ccc(OC)c(CNC(=O)C2CCN(c3nc4cccnc4s3)CC2)c1. The average molecular weight is 413 g/mol. The molecule has 1 amide bonds. The summed E-state index contributed by atoms with van der Waals surface area (Å²) in [6.07, 6.45) is 3.41. The van der Waals surface area contributed by atoms with Gasteiger partial charge in [0.1, 0.15) is 21.8 Å². The lowest BCUT2D eigenvalue weighted by Gasteiger charge is -2.31. The maximum absolute atomic E-state index is 12.7. The number of rotatable bonds is 6. The highest BCUT2D eigenvalue weighted by Crippen LogP contribution is 2.30. The van der Waals surface area contributed by atoms with Crippen LogP contribution >= 0.6 is 11.3 Å². The molecule has 1 fully saturated rings. The van der Waals surface area contributed by atoms with Gasteiger partial charge in [-0.25, -0.2) is 9.97 Å². The molecule has 0 saturated carbocycles. The largest absolute Gasteiger partial charge is 0.497 e. The molecule has 1 N–H and O–H groups in total. The van der Waals surface area contributed by atoms with E-state index in [0.717, 1.165) is 58.5 Å². The predicted octanol–water partition coefficient (Wildman–Crippen LogP) is 3.24. The molecular weight excluding hydrogens is 388 g/mol. The van der Waals surface area contributed by atoms with E-state index in [4.69, 9.17) is 9.47 Å². The van der Waals surface area contributed by atoms with E-state index < -0.39 is 0 Å². The number of piperidine rings is 1. The molecule has 1 aliphatic rings. The molecule has 8 heteroatoms. The Morgan fingerprint density at radius 2 is 2.07 bits per heavy atom. The maximum atomic E-state index is 12.7. The number of ether oxygens (including phenoxy) is 2. The molecule has 3 aromatic rings. The second kappa shape index (κ2) is 8.65. The Hall–Kier alpha value is -2.87. The molecule has 0 aliphatic carbocycles. The standard InChI is InChI=1S/C21H24N4O3S/c1-27-16-5-6-18(28-2)15(12-16)13-23-19(26)14-7-10-25(11-8-14)21-24-17-4-3-9-22-20(17)29-21/h3-6,9,12,14H,7-8,10-11,13H2,1-2H3,(H,23,26). The van der Waals surface area contributed by atoms with Crippen LogP contribution in [0.25, 0.3) is 10.3 Å². The smallest absolute Gasteiger partial charge is 0.223 e. The third-order valence-corrected chi connectivity index (χ3v) is 6.27. The van der Waals surface area contributed by atoms with Crippen molar-refractivity contribution in [1.82, 2.24) is 15.3 Å². The van der Waals surface area contributed by atoms with Gasteiger partial charge in [-0.1, -0.05) is 11.3 Å². The summed E-state index contributed by atoms with van der Waals surface area (Å²) in [6, 6.07) is 9.47. The molecule has 2 aromatic heterocycles. The van der Waals surface area contributed by atoms with Gasteiger partial charge in [-0.15, -0.1) is 0 Å². The quantitative estimate of drug-likeness (QED) is 0.670. The number of aromatic nitrogens is 2. The minimum absolute atomic E-state index is 0.00959. The van der Waals surface area contributed by atoms with Gasteiger partial charge in [0.25, 0.3) is 0 Å². The highest BCUT2D eigenvalue weighted by atomic mass is 32.1. The third kappa shape index (κ3) is 4.27. The van der Waals surface area contributed by atoms with E-state index in [2.05, 4.69) is 20.2 Å². The van der Waals surface area contributed by atoms with Crippen molar-refractivity contribution in [2.75, 3.05) is 32.2 Å². The Balaban J connectivity index is 1.33. The van der Waals surface area contributed by atoms with Crippen molar-refractivity contribution in [3.63, 3.8) is 0 Å². The van der Waals surface area contributed by atoms with Crippen LogP contribution in [0.4, 0.5) is 5.13 Å². The summed E-state index contributed by atoms with van der Waals surface area (Å²) >= 11 is 1.61. The number of hydrogen-bond acceptors (Lipinski definition) is 7. The second-order valence-electron chi connectivity index (χ2n) is 6.98. The number of pyridine rings is 1. The Bertz CT molecular complexity index is 966. The highest BCUT2D eigenvalue weighted by molar-refractivity contribution is 7.21. The van der Waals surface area contributed by atoms with Crippen molar-refractivity contribution in [1.29, 1.82) is 0 Å². The van der Waals surface area contributed by atoms with E-state index in [9.17, 15) is 4.79 Å². The van der Waals surface area contributed by atoms with E-state index in [1.54, 1.807) is 31.8 Å². The number of nitrogens with zero attached hydrogens (tertiary/aromatic N) is 3. The van der Waals surface area contributed by atoms with Crippen LogP contribution in [-0.2, 0) is 11.3 Å². The van der Waals surface area contributed by atoms with Crippen LogP contribution in [0.3, 0.4) is 0 Å². The molecule has 7 nitrogen and oxygen atoms in total. The lowest BCUT2D eigenvalue weighted by atomic mass is 9.96. The first-order valence-corrected chi connectivity index (χ1v) is 10.4. The first-order chi connectivity index (χ1) is 14.2. The first kappa shape index (κ1) is 19.4. The zero-order valence-corrected chi connectivity index (χ0v) is 17.4. The molecule has 4 rings (SSSR count). The van der Waals surface area contributed by atoms with Gasteiger partial charge >= 0.3 is 0 Å². The molecule has 152 valence electrons. The molecule has 3 heterocycles. The zero-order chi connectivity index (χ0) is 20.2. The van der Waals surface area contributed by atoms with E-state index >= 15 is 0 Å². The number of nitrogens with one attached hydrogen (secondary N) is 1. The van der Waals surface area contributed by atoms with Crippen LogP contribution in [0.1, 0.15) is 18.4 Å². The molecule has 0 atom stereocenters. The van der Waals surface area contributed by atoms with Crippen molar-refractivity contribution in [3.8, 4) is 11.5 Å². The zero-order valence-electron chi connectivity index (χ0n) is 16.6. The second-order valence-corrected chi connectivity index (χ2v) is 7.94. The minimum Gasteiger partial charge on any atom is -0.497 e. The Kier molecular flexibility index (Phi) is 5.80. The van der Waals surface area contributed by atoms with Gasteiger partial charge in [0.15, 0.2) is 5.13 Å². The fraction of sp³-hybridized carbons (Fsp3) is 0.381. The summed E-state index contributed by atoms with van der Waals surface area (Å²) in [5, 5.41) is 4.04. The summed E-state index contributed by atoms with van der Waals surface area (Å²) in [6.45, 7) is 2.06. The van der Waals surface area contributed by atoms with Gasteiger partial charge in [-0.2, -0.15) is 0 Å². The first-order valence-electron chi connectivity index (χ1n) is 9.63. The molecule has 29 heavy (non-hydrogen) atoms. The number of carbonyl (C=O) groups is 1. The summed E-state index contributed by atoms with van der Waals surface area (Å²) < 4.78 is 10.7. The molecule has 0 bridgehead atoms. The summed E-state index contributed by atoms with van der Waals surface area (Å²) in [5.41, 5.74) is 1.83. The van der Waals surface area contributed by atoms with Gasteiger partial charge in [0.2, 0.25) is 5.91 Å². The maximum Gasteiger partial charge on any atom is 0.223 e. The molecular formula is C21H24N4O3S. The van der Waals surface area contributed by atoms with Crippen LogP contribution < -0.4 is 19.7 Å². The van der Waals surface area contributed by atoms with Gasteiger partial charge in [0, 0.05) is 37.3 Å². The van der Waals surface area contributed by atoms with Gasteiger partial charge < -0.3 is 19.7 Å². The molecule has 0 unspecified atom stereocenters. The average Bonchev–Trinajstić information content (AvgIpc) is 3.21. The number of carbonyl (C=O) groups excluding carboxylic acids is 1. The van der Waals surface area contributed by atoms with Crippen molar-refractivity contribution in [3.05, 3.63) is 42.1 Å². The van der Waals surface area contributed by atoms with Gasteiger partial charge in [-0.05, 0) is 43.2 Å². The Labute approximate surface area is 173 Å². The minimum atomic E-state index is 0.00959. The van der Waals surface area contributed by atoms with E-state index in [1.807, 2.05) is 30.3 Å². The lowest BCUT2D eigenvalue weighted by molar-refractivity contribution is -0.125. The normalized spacial score (nSPS) is 14.8. The van der Waals surface area contributed by atoms with E-state index in [-0.39, 0.29) is 11.8 Å². The monoisotopic (exact) mass is 412 g/mol. The van der Waals surface area contributed by atoms with Gasteiger partial charge in [-0.3, -0.25) is 4.79 Å². The number of anilines is 1. The van der Waals surface area contributed by atoms with Crippen molar-refractivity contribution in [2.24, 2.45) is 5.92 Å². The summed E-state index contributed by atoms with van der Waals surface area (Å²) in [4.78, 5) is 24.9. The van der Waals surface area contributed by atoms with E-state index in [0.29, 0.717) is 6.54 Å². The van der Waals surface area contributed by atoms with E-state index in [1.165, 1.54) is 0 Å². The molecule has 1 saturated heterocycles. The lowest BCUT2D eigenvalue weighted by Crippen LogP contribution is -2.40. The summed E-state index contributed by atoms with van der Waals surface area (Å²) in [7, 11) is 3.25. The van der Waals surface area contributed by atoms with Gasteiger partial charge in [0.05, 0.1) is 14.2 Å². The fourth-order valence-corrected chi connectivity index (χ4v) is 4.53. The number of thiazole rings is 1. The molecule has 1 aromatic carbocycles. The topological polar surface area (TPSA) is 76.6 Å². The predicted molar refractivity (Wildman–Crippen MR) is 114 cm³/mol. The summed E-state index contributed by atoms with van der Waals surface area (Å²) in [5.74, 6) is 1.58. The molecule has 0 spiro atoms. The third-order valence-electron chi connectivity index (χ3n) is 5.23. The van der Waals surface area contributed by atoms with Crippen LogP contribution in [0.5, 0.6) is 11.5 Å². The van der Waals surface area contributed by atoms with Crippen LogP contribution in [-0.4, -0.2) is 43.2 Å². The van der Waals surface area contributed by atoms with Crippen LogP contribution in [0, 0.1) is 5.92 Å². The number of fused-ring (bicyclic) bond motifs is 1. The van der Waals surface area contributed by atoms with Crippen molar-refractivity contribution in [2.45, 2.75) is 19.4 Å². The Morgan fingerprint density at radius 3 is 2.79 bits per heavy atom. The van der Waals surface area contributed by atoms with Crippen LogP contribution in [0.15, 0.2) is 36.5 Å². The molecule has 1 aliphatic heterocycles. The number of methoxy groups -OCH3 is 2. The van der Waals surface area contributed by atoms with Crippen molar-refractivity contribution < 1.29 is 14.3 Å². The fourth-order valence-electron chi connectivity index (χ4n) is 3.57. The molecule has 0 radical (unpaired) electrons. The number of amides is 1. The van der Waals surface area contributed by atoms with Crippen LogP contribution in [0.2, 0.25) is 0 Å². The number of hydrogen-bond donors (Lipinski definition) is 1. The Morgan fingerprint density at radius 1 is 1.24 bits per heavy atom.